The molecule has 0 radical (unpaired) electrons. The second kappa shape index (κ2) is 11.2. The fraction of sp³-hybridized carbons (Fsp3) is 0. The molecule has 0 saturated carbocycles. The van der Waals surface area contributed by atoms with E-state index in [9.17, 15) is 0 Å². The summed E-state index contributed by atoms with van der Waals surface area (Å²) in [5.74, 6) is 0.571. The lowest BCUT2D eigenvalue weighted by Crippen LogP contribution is -2.10. The summed E-state index contributed by atoms with van der Waals surface area (Å²) in [6.45, 7) is 0. The maximum Gasteiger partial charge on any atom is 0.228 e. The zero-order chi connectivity index (χ0) is 34.2. The Balaban J connectivity index is 1.15. The van der Waals surface area contributed by atoms with Crippen molar-refractivity contribution in [1.82, 2.24) is 4.98 Å². The average molecular weight is 669 g/mol. The second-order valence-corrected chi connectivity index (χ2v) is 13.1. The van der Waals surface area contributed by atoms with E-state index in [1.807, 2.05) is 54.6 Å². The van der Waals surface area contributed by atoms with Gasteiger partial charge in [-0.3, -0.25) is 0 Å². The van der Waals surface area contributed by atoms with E-state index >= 15 is 0 Å². The topological polar surface area (TPSA) is 55.6 Å². The standard InChI is InChI=1S/C47H28N2O3/c1-2-11-29(12-3-1)33-15-8-13-30-23-24-31(27-38(30)33)49(40-19-9-16-35-34-14-4-6-20-41(34)51-46(35)40)32-25-26-36-44(28-32)50-43-22-10-17-37(45(36)43)47-48-39-18-5-7-21-42(39)52-47/h1-28H. The minimum absolute atomic E-state index is 0.571. The maximum atomic E-state index is 6.63. The molecule has 0 bridgehead atoms. The van der Waals surface area contributed by atoms with Crippen LogP contribution in [0.1, 0.15) is 0 Å². The third kappa shape index (κ3) is 4.39. The predicted octanol–water partition coefficient (Wildman–Crippen LogP) is 13.6. The molecule has 0 N–H and O–H groups in total. The molecule has 0 aliphatic carbocycles. The van der Waals surface area contributed by atoms with Crippen molar-refractivity contribution in [3.8, 4) is 22.6 Å². The van der Waals surface area contributed by atoms with E-state index in [4.69, 9.17) is 18.2 Å². The van der Waals surface area contributed by atoms with Gasteiger partial charge in [0.05, 0.1) is 11.4 Å². The minimum Gasteiger partial charge on any atom is -0.456 e. The summed E-state index contributed by atoms with van der Waals surface area (Å²) >= 11 is 0. The smallest absolute Gasteiger partial charge is 0.228 e. The van der Waals surface area contributed by atoms with E-state index < -0.39 is 0 Å². The van der Waals surface area contributed by atoms with E-state index in [1.165, 1.54) is 21.9 Å². The summed E-state index contributed by atoms with van der Waals surface area (Å²) in [5.41, 5.74) is 10.9. The number of hydrogen-bond acceptors (Lipinski definition) is 5. The van der Waals surface area contributed by atoms with Gasteiger partial charge >= 0.3 is 0 Å². The number of oxazole rings is 1. The summed E-state index contributed by atoms with van der Waals surface area (Å²) in [4.78, 5) is 7.10. The number of rotatable bonds is 5. The molecule has 0 atom stereocenters. The van der Waals surface area contributed by atoms with Crippen molar-refractivity contribution in [2.45, 2.75) is 0 Å². The van der Waals surface area contributed by atoms with Crippen LogP contribution in [-0.2, 0) is 0 Å². The van der Waals surface area contributed by atoms with E-state index in [0.29, 0.717) is 5.89 Å². The van der Waals surface area contributed by atoms with Gasteiger partial charge in [-0.25, -0.2) is 4.98 Å². The van der Waals surface area contributed by atoms with Crippen LogP contribution in [0.15, 0.2) is 183 Å². The molecule has 8 aromatic carbocycles. The molecule has 3 aromatic heterocycles. The van der Waals surface area contributed by atoms with E-state index in [0.717, 1.165) is 77.6 Å². The predicted molar refractivity (Wildman–Crippen MR) is 212 cm³/mol. The Bertz CT molecular complexity index is 3120. The van der Waals surface area contributed by atoms with E-state index in [2.05, 4.69) is 120 Å². The molecule has 0 aliphatic heterocycles. The largest absolute Gasteiger partial charge is 0.456 e. The molecule has 0 aliphatic rings. The van der Waals surface area contributed by atoms with Crippen molar-refractivity contribution < 1.29 is 13.3 Å². The maximum absolute atomic E-state index is 6.63. The number of benzene rings is 8. The Morgan fingerprint density at radius 3 is 2.08 bits per heavy atom. The molecule has 5 nitrogen and oxygen atoms in total. The molecule has 244 valence electrons. The quantitative estimate of drug-likeness (QED) is 0.183. The molecule has 11 aromatic rings. The summed E-state index contributed by atoms with van der Waals surface area (Å²) in [6.07, 6.45) is 0. The highest BCUT2D eigenvalue weighted by Gasteiger charge is 2.22. The van der Waals surface area contributed by atoms with Crippen LogP contribution in [0.2, 0.25) is 0 Å². The molecule has 52 heavy (non-hydrogen) atoms. The molecule has 0 unspecified atom stereocenters. The lowest BCUT2D eigenvalue weighted by atomic mass is 9.97. The summed E-state index contributed by atoms with van der Waals surface area (Å²) < 4.78 is 19.5. The van der Waals surface area contributed by atoms with Crippen LogP contribution in [-0.4, -0.2) is 4.98 Å². The molecule has 0 fully saturated rings. The van der Waals surface area contributed by atoms with E-state index in [-0.39, 0.29) is 0 Å². The molecule has 3 heterocycles. The number of furan rings is 2. The van der Waals surface area contributed by atoms with Gasteiger partial charge in [0.1, 0.15) is 22.3 Å². The number of fused-ring (bicyclic) bond motifs is 8. The monoisotopic (exact) mass is 668 g/mol. The molecular formula is C47H28N2O3. The number of anilines is 3. The van der Waals surface area contributed by atoms with Crippen molar-refractivity contribution >= 4 is 82.8 Å². The lowest BCUT2D eigenvalue weighted by Gasteiger charge is -2.26. The highest BCUT2D eigenvalue weighted by molar-refractivity contribution is 6.14. The van der Waals surface area contributed by atoms with Gasteiger partial charge in [-0.1, -0.05) is 103 Å². The van der Waals surface area contributed by atoms with Crippen molar-refractivity contribution in [3.05, 3.63) is 170 Å². The fourth-order valence-electron chi connectivity index (χ4n) is 7.72. The Morgan fingerprint density at radius 1 is 0.423 bits per heavy atom. The Hall–Kier alpha value is -7.11. The first-order valence-electron chi connectivity index (χ1n) is 17.4. The molecule has 0 saturated heterocycles. The van der Waals surface area contributed by atoms with Gasteiger partial charge in [-0.05, 0) is 82.6 Å². The van der Waals surface area contributed by atoms with Crippen LogP contribution in [0, 0.1) is 0 Å². The SMILES string of the molecule is c1ccc(-c2cccc3ccc(N(c4ccc5c(c4)oc4cccc(-c6nc7ccccc7o6)c45)c4cccc5c4oc4ccccc45)cc23)cc1. The third-order valence-corrected chi connectivity index (χ3v) is 10.1. The van der Waals surface area contributed by atoms with Crippen molar-refractivity contribution in [1.29, 1.82) is 0 Å². The van der Waals surface area contributed by atoms with Crippen LogP contribution in [0.4, 0.5) is 17.1 Å². The second-order valence-electron chi connectivity index (χ2n) is 13.1. The highest BCUT2D eigenvalue weighted by Crippen LogP contribution is 2.45. The van der Waals surface area contributed by atoms with Crippen molar-refractivity contribution in [2.75, 3.05) is 4.90 Å². The van der Waals surface area contributed by atoms with Crippen LogP contribution >= 0.6 is 0 Å². The summed E-state index contributed by atoms with van der Waals surface area (Å²) in [6, 6.07) is 58.6. The van der Waals surface area contributed by atoms with Crippen molar-refractivity contribution in [3.63, 3.8) is 0 Å². The van der Waals surface area contributed by atoms with E-state index in [1.54, 1.807) is 0 Å². The average Bonchev–Trinajstić information content (AvgIpc) is 3.92. The molecule has 0 spiro atoms. The first-order valence-corrected chi connectivity index (χ1v) is 17.4. The Morgan fingerprint density at radius 2 is 1.15 bits per heavy atom. The summed E-state index contributed by atoms with van der Waals surface area (Å²) in [7, 11) is 0. The zero-order valence-electron chi connectivity index (χ0n) is 27.8. The van der Waals surface area contributed by atoms with Gasteiger partial charge in [0.15, 0.2) is 11.2 Å². The number of hydrogen-bond donors (Lipinski definition) is 0. The molecule has 0 amide bonds. The van der Waals surface area contributed by atoms with Crippen LogP contribution in [0.3, 0.4) is 0 Å². The minimum atomic E-state index is 0.571. The van der Waals surface area contributed by atoms with Crippen molar-refractivity contribution in [2.24, 2.45) is 0 Å². The third-order valence-electron chi connectivity index (χ3n) is 10.1. The van der Waals surface area contributed by atoms with Gasteiger partial charge in [0.25, 0.3) is 0 Å². The number of para-hydroxylation sites is 4. The fourth-order valence-corrected chi connectivity index (χ4v) is 7.72. The van der Waals surface area contributed by atoms with Gasteiger partial charge < -0.3 is 18.2 Å². The Labute approximate surface area is 297 Å². The Kier molecular flexibility index (Phi) is 6.18. The lowest BCUT2D eigenvalue weighted by molar-refractivity contribution is 0.620. The van der Waals surface area contributed by atoms with Gasteiger partial charge in [0, 0.05) is 38.9 Å². The van der Waals surface area contributed by atoms with Crippen LogP contribution < -0.4 is 4.90 Å². The summed E-state index contributed by atoms with van der Waals surface area (Å²) in [5, 5.41) is 6.45. The normalized spacial score (nSPS) is 11.8. The van der Waals surface area contributed by atoms with Crippen LogP contribution in [0.25, 0.3) is 88.3 Å². The first kappa shape index (κ1) is 28.7. The number of nitrogens with zero attached hydrogens (tertiary/aromatic N) is 2. The number of aromatic nitrogens is 1. The zero-order valence-corrected chi connectivity index (χ0v) is 27.8. The molecule has 11 rings (SSSR count). The highest BCUT2D eigenvalue weighted by atomic mass is 16.4. The van der Waals surface area contributed by atoms with Crippen LogP contribution in [0.5, 0.6) is 0 Å². The van der Waals surface area contributed by atoms with Gasteiger partial charge in [0.2, 0.25) is 5.89 Å². The molecular weight excluding hydrogens is 641 g/mol. The molecule has 5 heteroatoms. The van der Waals surface area contributed by atoms with Gasteiger partial charge in [-0.15, -0.1) is 0 Å². The first-order chi connectivity index (χ1) is 25.8. The van der Waals surface area contributed by atoms with Gasteiger partial charge in [-0.2, -0.15) is 0 Å².